The second kappa shape index (κ2) is 5.46. The summed E-state index contributed by atoms with van der Waals surface area (Å²) in [5.74, 6) is 0. The molecule has 0 bridgehead atoms. The van der Waals surface area contributed by atoms with Crippen molar-refractivity contribution in [2.24, 2.45) is 5.73 Å². The van der Waals surface area contributed by atoms with E-state index in [1.807, 2.05) is 6.07 Å². The van der Waals surface area contributed by atoms with Crippen LogP contribution in [0.5, 0.6) is 0 Å². The first-order chi connectivity index (χ1) is 7.77. The maximum atomic E-state index is 6.25. The lowest BCUT2D eigenvalue weighted by Gasteiger charge is -2.35. The SMILES string of the molecule is CC1CCCCN1CC(N)c1ccccc1. The highest BCUT2D eigenvalue weighted by molar-refractivity contribution is 5.18. The number of hydrogen-bond acceptors (Lipinski definition) is 2. The second-order valence-electron chi connectivity index (χ2n) is 4.86. The van der Waals surface area contributed by atoms with Crippen LogP contribution in [0.2, 0.25) is 0 Å². The fraction of sp³-hybridized carbons (Fsp3) is 0.571. The van der Waals surface area contributed by atoms with Gasteiger partial charge < -0.3 is 5.73 Å². The molecule has 0 spiro atoms. The average molecular weight is 218 g/mol. The van der Waals surface area contributed by atoms with E-state index in [-0.39, 0.29) is 6.04 Å². The molecule has 0 saturated carbocycles. The molecule has 1 aliphatic heterocycles. The normalized spacial score (nSPS) is 24.2. The number of piperidine rings is 1. The van der Waals surface area contributed by atoms with Gasteiger partial charge >= 0.3 is 0 Å². The minimum Gasteiger partial charge on any atom is -0.323 e. The van der Waals surface area contributed by atoms with Gasteiger partial charge in [-0.3, -0.25) is 4.90 Å². The number of rotatable bonds is 3. The van der Waals surface area contributed by atoms with Gasteiger partial charge in [-0.15, -0.1) is 0 Å². The topological polar surface area (TPSA) is 29.3 Å². The van der Waals surface area contributed by atoms with Gasteiger partial charge in [-0.1, -0.05) is 36.8 Å². The molecule has 2 atom stereocenters. The summed E-state index contributed by atoms with van der Waals surface area (Å²) in [6.45, 7) is 4.52. The summed E-state index contributed by atoms with van der Waals surface area (Å²) >= 11 is 0. The van der Waals surface area contributed by atoms with E-state index in [4.69, 9.17) is 5.73 Å². The Balaban J connectivity index is 1.94. The Morgan fingerprint density at radius 2 is 2.06 bits per heavy atom. The molecule has 1 aromatic carbocycles. The lowest BCUT2D eigenvalue weighted by molar-refractivity contribution is 0.151. The quantitative estimate of drug-likeness (QED) is 0.845. The van der Waals surface area contributed by atoms with Crippen molar-refractivity contribution < 1.29 is 0 Å². The maximum Gasteiger partial charge on any atom is 0.0424 e. The third kappa shape index (κ3) is 2.83. The third-order valence-electron chi connectivity index (χ3n) is 3.60. The number of nitrogens with zero attached hydrogens (tertiary/aromatic N) is 1. The largest absolute Gasteiger partial charge is 0.323 e. The van der Waals surface area contributed by atoms with E-state index in [2.05, 4.69) is 36.1 Å². The number of likely N-dealkylation sites (tertiary alicyclic amines) is 1. The van der Waals surface area contributed by atoms with Crippen molar-refractivity contribution in [1.29, 1.82) is 0 Å². The highest BCUT2D eigenvalue weighted by Crippen LogP contribution is 2.19. The molecular weight excluding hydrogens is 196 g/mol. The van der Waals surface area contributed by atoms with Crippen LogP contribution in [0.3, 0.4) is 0 Å². The van der Waals surface area contributed by atoms with E-state index in [1.54, 1.807) is 0 Å². The van der Waals surface area contributed by atoms with Gasteiger partial charge in [0.25, 0.3) is 0 Å². The molecule has 2 rings (SSSR count). The molecule has 0 aromatic heterocycles. The van der Waals surface area contributed by atoms with Crippen molar-refractivity contribution in [2.45, 2.75) is 38.3 Å². The molecule has 2 heteroatoms. The van der Waals surface area contributed by atoms with Crippen molar-refractivity contribution in [3.05, 3.63) is 35.9 Å². The van der Waals surface area contributed by atoms with E-state index < -0.39 is 0 Å². The summed E-state index contributed by atoms with van der Waals surface area (Å²) in [5.41, 5.74) is 7.50. The monoisotopic (exact) mass is 218 g/mol. The van der Waals surface area contributed by atoms with Crippen LogP contribution in [0, 0.1) is 0 Å². The lowest BCUT2D eigenvalue weighted by Crippen LogP contribution is -2.41. The van der Waals surface area contributed by atoms with Crippen LogP contribution >= 0.6 is 0 Å². The van der Waals surface area contributed by atoms with Gasteiger partial charge in [0, 0.05) is 18.6 Å². The first kappa shape index (κ1) is 11.6. The van der Waals surface area contributed by atoms with Gasteiger partial charge in [-0.2, -0.15) is 0 Å². The Bertz CT molecular complexity index is 310. The standard InChI is InChI=1S/C14H22N2/c1-12-7-5-6-10-16(12)11-14(15)13-8-3-2-4-9-13/h2-4,8-9,12,14H,5-7,10-11,15H2,1H3. The Labute approximate surface area is 98.4 Å². The van der Waals surface area contributed by atoms with Gasteiger partial charge in [0.15, 0.2) is 0 Å². The molecule has 0 amide bonds. The van der Waals surface area contributed by atoms with Crippen molar-refractivity contribution >= 4 is 0 Å². The molecule has 0 aliphatic carbocycles. The average Bonchev–Trinajstić information content (AvgIpc) is 2.33. The maximum absolute atomic E-state index is 6.25. The Morgan fingerprint density at radius 3 is 2.75 bits per heavy atom. The van der Waals surface area contributed by atoms with Gasteiger partial charge in [0.1, 0.15) is 0 Å². The van der Waals surface area contributed by atoms with Gasteiger partial charge in [0.05, 0.1) is 0 Å². The molecule has 2 unspecified atom stereocenters. The Hall–Kier alpha value is -0.860. The van der Waals surface area contributed by atoms with Crippen LogP contribution in [-0.4, -0.2) is 24.0 Å². The highest BCUT2D eigenvalue weighted by atomic mass is 15.2. The summed E-state index contributed by atoms with van der Waals surface area (Å²) in [5, 5.41) is 0. The predicted molar refractivity (Wildman–Crippen MR) is 68.3 cm³/mol. The zero-order valence-electron chi connectivity index (χ0n) is 10.1. The van der Waals surface area contributed by atoms with E-state index >= 15 is 0 Å². The minimum absolute atomic E-state index is 0.154. The zero-order valence-corrected chi connectivity index (χ0v) is 10.1. The molecule has 0 radical (unpaired) electrons. The van der Waals surface area contributed by atoms with E-state index in [0.29, 0.717) is 6.04 Å². The van der Waals surface area contributed by atoms with Crippen molar-refractivity contribution in [3.63, 3.8) is 0 Å². The minimum atomic E-state index is 0.154. The van der Waals surface area contributed by atoms with E-state index in [1.165, 1.54) is 31.4 Å². The fourth-order valence-corrected chi connectivity index (χ4v) is 2.49. The molecule has 1 fully saturated rings. The zero-order chi connectivity index (χ0) is 11.4. The molecule has 1 aromatic rings. The molecule has 1 saturated heterocycles. The Kier molecular flexibility index (Phi) is 3.97. The highest BCUT2D eigenvalue weighted by Gasteiger charge is 2.20. The van der Waals surface area contributed by atoms with Crippen LogP contribution in [-0.2, 0) is 0 Å². The molecule has 2 N–H and O–H groups in total. The molecule has 16 heavy (non-hydrogen) atoms. The van der Waals surface area contributed by atoms with E-state index in [0.717, 1.165) is 6.54 Å². The molecule has 2 nitrogen and oxygen atoms in total. The number of benzene rings is 1. The van der Waals surface area contributed by atoms with Gasteiger partial charge in [-0.25, -0.2) is 0 Å². The molecule has 1 aliphatic rings. The van der Waals surface area contributed by atoms with Crippen LogP contribution in [0.1, 0.15) is 37.8 Å². The molecular formula is C14H22N2. The first-order valence-corrected chi connectivity index (χ1v) is 6.32. The van der Waals surface area contributed by atoms with Crippen LogP contribution in [0.4, 0.5) is 0 Å². The number of hydrogen-bond donors (Lipinski definition) is 1. The summed E-state index contributed by atoms with van der Waals surface area (Å²) < 4.78 is 0. The van der Waals surface area contributed by atoms with Crippen molar-refractivity contribution in [2.75, 3.05) is 13.1 Å². The third-order valence-corrected chi connectivity index (χ3v) is 3.60. The van der Waals surface area contributed by atoms with Gasteiger partial charge in [-0.05, 0) is 31.9 Å². The molecule has 88 valence electrons. The summed E-state index contributed by atoms with van der Waals surface area (Å²) in [6, 6.07) is 11.3. The Morgan fingerprint density at radius 1 is 1.31 bits per heavy atom. The van der Waals surface area contributed by atoms with Crippen LogP contribution in [0.25, 0.3) is 0 Å². The fourth-order valence-electron chi connectivity index (χ4n) is 2.49. The summed E-state index contributed by atoms with van der Waals surface area (Å²) in [6.07, 6.45) is 4.02. The van der Waals surface area contributed by atoms with Crippen molar-refractivity contribution in [3.8, 4) is 0 Å². The van der Waals surface area contributed by atoms with Gasteiger partial charge in [0.2, 0.25) is 0 Å². The van der Waals surface area contributed by atoms with Crippen molar-refractivity contribution in [1.82, 2.24) is 4.90 Å². The van der Waals surface area contributed by atoms with Crippen LogP contribution in [0.15, 0.2) is 30.3 Å². The lowest BCUT2D eigenvalue weighted by atomic mass is 10.0. The second-order valence-corrected chi connectivity index (χ2v) is 4.86. The van der Waals surface area contributed by atoms with Crippen LogP contribution < -0.4 is 5.73 Å². The molecule has 1 heterocycles. The summed E-state index contributed by atoms with van der Waals surface area (Å²) in [7, 11) is 0. The first-order valence-electron chi connectivity index (χ1n) is 6.32. The van der Waals surface area contributed by atoms with E-state index in [9.17, 15) is 0 Å². The number of nitrogens with two attached hydrogens (primary N) is 1. The predicted octanol–water partition coefficient (Wildman–Crippen LogP) is 2.56. The smallest absolute Gasteiger partial charge is 0.0424 e. The summed E-state index contributed by atoms with van der Waals surface area (Å²) in [4.78, 5) is 2.53.